The molecular formula is C12H19N. The molecule has 13 heavy (non-hydrogen) atoms. The molecule has 1 heteroatoms. The van der Waals surface area contributed by atoms with Crippen LogP contribution in [0.25, 0.3) is 0 Å². The summed E-state index contributed by atoms with van der Waals surface area (Å²) in [6.45, 7) is 11.9. The van der Waals surface area contributed by atoms with Crippen LogP contribution in [0.4, 0.5) is 0 Å². The number of hydrogen-bond acceptors (Lipinski definition) is 1. The van der Waals surface area contributed by atoms with E-state index in [0.717, 1.165) is 22.3 Å². The lowest BCUT2D eigenvalue weighted by Gasteiger charge is -2.00. The summed E-state index contributed by atoms with van der Waals surface area (Å²) < 4.78 is 0. The molecule has 0 amide bonds. The van der Waals surface area contributed by atoms with Gasteiger partial charge in [-0.15, -0.1) is 6.42 Å². The topological polar surface area (TPSA) is 35.0 Å². The Kier molecular flexibility index (Phi) is 6.89. The second-order valence-corrected chi connectivity index (χ2v) is 3.17. The van der Waals surface area contributed by atoms with Gasteiger partial charge in [0.15, 0.2) is 0 Å². The van der Waals surface area contributed by atoms with Gasteiger partial charge in [0, 0.05) is 5.57 Å². The van der Waals surface area contributed by atoms with Crippen LogP contribution in [0.1, 0.15) is 27.7 Å². The molecule has 0 aromatic rings. The van der Waals surface area contributed by atoms with E-state index in [4.69, 9.17) is 6.42 Å². The molecule has 0 rings (SSSR count). The minimum absolute atomic E-state index is 0. The molecule has 0 aromatic heterocycles. The van der Waals surface area contributed by atoms with Gasteiger partial charge in [-0.05, 0) is 39.3 Å². The molecule has 1 nitrogen and oxygen atoms in total. The molecule has 0 aliphatic heterocycles. The van der Waals surface area contributed by atoms with Crippen LogP contribution in [0.2, 0.25) is 0 Å². The van der Waals surface area contributed by atoms with Gasteiger partial charge in [-0.2, -0.15) is 0 Å². The highest BCUT2D eigenvalue weighted by atomic mass is 14.0. The van der Waals surface area contributed by atoms with E-state index in [1.807, 2.05) is 33.8 Å². The summed E-state index contributed by atoms with van der Waals surface area (Å²) in [6.07, 6.45) is 7.34. The fraction of sp³-hybridized carbons (Fsp3) is 0.333. The molecule has 0 aromatic carbocycles. The average molecular weight is 177 g/mol. The van der Waals surface area contributed by atoms with Crippen LogP contribution in [0.5, 0.6) is 0 Å². The van der Waals surface area contributed by atoms with Crippen molar-refractivity contribution in [1.29, 1.82) is 0 Å². The summed E-state index contributed by atoms with van der Waals surface area (Å²) in [6, 6.07) is 0. The maximum absolute atomic E-state index is 5.34. The van der Waals surface area contributed by atoms with Gasteiger partial charge in [0.25, 0.3) is 0 Å². The fourth-order valence-corrected chi connectivity index (χ4v) is 0.670. The molecule has 0 aliphatic carbocycles. The first-order valence-electron chi connectivity index (χ1n) is 3.97. The molecule has 3 N–H and O–H groups in total. The molecule has 0 aliphatic rings. The summed E-state index contributed by atoms with van der Waals surface area (Å²) in [4.78, 5) is 0. The molecule has 0 heterocycles. The van der Waals surface area contributed by atoms with E-state index in [9.17, 15) is 0 Å². The Bertz CT molecular complexity index is 281. The van der Waals surface area contributed by atoms with E-state index in [1.165, 1.54) is 0 Å². The molecule has 0 bridgehead atoms. The van der Waals surface area contributed by atoms with Crippen molar-refractivity contribution in [2.75, 3.05) is 0 Å². The van der Waals surface area contributed by atoms with Crippen LogP contribution in [0.15, 0.2) is 34.9 Å². The zero-order valence-corrected chi connectivity index (χ0v) is 9.07. The number of allylic oxidation sites excluding steroid dienone is 5. The third-order valence-electron chi connectivity index (χ3n) is 1.73. The van der Waals surface area contributed by atoms with Crippen molar-refractivity contribution in [2.45, 2.75) is 27.7 Å². The van der Waals surface area contributed by atoms with Gasteiger partial charge in [-0.3, -0.25) is 0 Å². The van der Waals surface area contributed by atoms with Gasteiger partial charge in [0.2, 0.25) is 0 Å². The zero-order chi connectivity index (χ0) is 9.72. The van der Waals surface area contributed by atoms with E-state index < -0.39 is 0 Å². The molecule has 72 valence electrons. The molecular weight excluding hydrogens is 158 g/mol. The average Bonchev–Trinajstić information content (AvgIpc) is 1.98. The number of rotatable bonds is 2. The Morgan fingerprint density at radius 2 is 1.69 bits per heavy atom. The first-order chi connectivity index (χ1) is 5.49. The quantitative estimate of drug-likeness (QED) is 0.507. The third kappa shape index (κ3) is 5.05. The first-order valence-corrected chi connectivity index (χ1v) is 3.97. The molecule has 0 atom stereocenters. The van der Waals surface area contributed by atoms with E-state index in [1.54, 1.807) is 0 Å². The standard InChI is InChI=1S/C12H16.H3N/c1-7-12(10(4)5)8-11(6)9(2)3;/h1,8H,2H2,3-6H3;1H3/b11-8-;. The Hall–Kier alpha value is -1.26. The number of hydrogen-bond donors (Lipinski definition) is 1. The van der Waals surface area contributed by atoms with Crippen LogP contribution in [0, 0.1) is 12.3 Å². The molecule has 0 fully saturated rings. The highest BCUT2D eigenvalue weighted by molar-refractivity contribution is 5.44. The van der Waals surface area contributed by atoms with Crippen molar-refractivity contribution in [1.82, 2.24) is 6.15 Å². The zero-order valence-electron chi connectivity index (χ0n) is 9.07. The van der Waals surface area contributed by atoms with Crippen molar-refractivity contribution in [3.63, 3.8) is 0 Å². The Morgan fingerprint density at radius 1 is 1.23 bits per heavy atom. The summed E-state index contributed by atoms with van der Waals surface area (Å²) in [5, 5.41) is 0. The predicted molar refractivity (Wildman–Crippen MR) is 60.8 cm³/mol. The van der Waals surface area contributed by atoms with Crippen LogP contribution in [-0.4, -0.2) is 0 Å². The van der Waals surface area contributed by atoms with Crippen molar-refractivity contribution in [2.24, 2.45) is 0 Å². The predicted octanol–water partition coefficient (Wildman–Crippen LogP) is 3.64. The lowest BCUT2D eigenvalue weighted by molar-refractivity contribution is 1.31. The molecule has 0 unspecified atom stereocenters. The van der Waals surface area contributed by atoms with Gasteiger partial charge in [0.05, 0.1) is 0 Å². The van der Waals surface area contributed by atoms with Crippen LogP contribution < -0.4 is 6.15 Å². The summed E-state index contributed by atoms with van der Waals surface area (Å²) in [7, 11) is 0. The first kappa shape index (κ1) is 14.3. The minimum Gasteiger partial charge on any atom is -0.344 e. The van der Waals surface area contributed by atoms with Crippen molar-refractivity contribution in [3.8, 4) is 12.3 Å². The van der Waals surface area contributed by atoms with Crippen molar-refractivity contribution < 1.29 is 0 Å². The summed E-state index contributed by atoms with van der Waals surface area (Å²) in [5.74, 6) is 2.65. The Morgan fingerprint density at radius 3 is 1.92 bits per heavy atom. The van der Waals surface area contributed by atoms with Gasteiger partial charge in [-0.25, -0.2) is 0 Å². The molecule has 0 saturated carbocycles. The molecule has 0 spiro atoms. The Labute approximate surface area is 81.8 Å². The highest BCUT2D eigenvalue weighted by Gasteiger charge is 1.93. The normalized spacial score (nSPS) is 9.62. The van der Waals surface area contributed by atoms with Crippen LogP contribution in [0.3, 0.4) is 0 Å². The second-order valence-electron chi connectivity index (χ2n) is 3.17. The van der Waals surface area contributed by atoms with Crippen LogP contribution >= 0.6 is 0 Å². The van der Waals surface area contributed by atoms with E-state index in [2.05, 4.69) is 12.5 Å². The third-order valence-corrected chi connectivity index (χ3v) is 1.73. The summed E-state index contributed by atoms with van der Waals surface area (Å²) in [5.41, 5.74) is 4.32. The second kappa shape index (κ2) is 6.28. The van der Waals surface area contributed by atoms with Gasteiger partial charge in [-0.1, -0.05) is 23.6 Å². The monoisotopic (exact) mass is 177 g/mol. The van der Waals surface area contributed by atoms with Gasteiger partial charge in [0.1, 0.15) is 0 Å². The smallest absolute Gasteiger partial charge is 0.0231 e. The van der Waals surface area contributed by atoms with Gasteiger partial charge < -0.3 is 6.15 Å². The molecule has 0 radical (unpaired) electrons. The minimum atomic E-state index is 0. The van der Waals surface area contributed by atoms with Crippen molar-refractivity contribution in [3.05, 3.63) is 34.9 Å². The van der Waals surface area contributed by atoms with E-state index >= 15 is 0 Å². The lowest BCUT2D eigenvalue weighted by Crippen LogP contribution is -1.82. The maximum atomic E-state index is 5.34. The van der Waals surface area contributed by atoms with Crippen molar-refractivity contribution >= 4 is 0 Å². The fourth-order valence-electron chi connectivity index (χ4n) is 0.670. The largest absolute Gasteiger partial charge is 0.344 e. The van der Waals surface area contributed by atoms with Gasteiger partial charge >= 0.3 is 0 Å². The SMILES string of the molecule is C#CC(/C=C(/C)C(=C)C)=C(C)C.N. The van der Waals surface area contributed by atoms with E-state index in [0.29, 0.717) is 0 Å². The van der Waals surface area contributed by atoms with E-state index in [-0.39, 0.29) is 6.15 Å². The summed E-state index contributed by atoms with van der Waals surface area (Å²) >= 11 is 0. The number of terminal acetylenes is 1. The highest BCUT2D eigenvalue weighted by Crippen LogP contribution is 2.11. The molecule has 0 saturated heterocycles. The Balaban J connectivity index is 0. The van der Waals surface area contributed by atoms with Crippen LogP contribution in [-0.2, 0) is 0 Å². The maximum Gasteiger partial charge on any atom is 0.0231 e. The lowest BCUT2D eigenvalue weighted by atomic mass is 10.1.